The summed E-state index contributed by atoms with van der Waals surface area (Å²) < 4.78 is 2.31. The lowest BCUT2D eigenvalue weighted by molar-refractivity contribution is 0.0985. The van der Waals surface area contributed by atoms with Gasteiger partial charge in [-0.1, -0.05) is 18.2 Å². The number of amides is 1. The average Bonchev–Trinajstić information content (AvgIpc) is 3.07. The molecule has 7 nitrogen and oxygen atoms in total. The van der Waals surface area contributed by atoms with Crippen LogP contribution in [-0.4, -0.2) is 26.6 Å². The molecule has 126 valence electrons. The van der Waals surface area contributed by atoms with E-state index < -0.39 is 11.2 Å². The normalized spacial score (nSPS) is 13.3. The van der Waals surface area contributed by atoms with Crippen molar-refractivity contribution in [2.24, 2.45) is 14.1 Å². The zero-order valence-electron chi connectivity index (χ0n) is 13.9. The minimum atomic E-state index is -0.471. The summed E-state index contributed by atoms with van der Waals surface area (Å²) in [5, 5.41) is 0.308. The number of hydrogen-bond donors (Lipinski definition) is 0. The van der Waals surface area contributed by atoms with E-state index in [1.54, 1.807) is 11.0 Å². The maximum Gasteiger partial charge on any atom is 0.332 e. The molecule has 0 atom stereocenters. The van der Waals surface area contributed by atoms with Gasteiger partial charge in [0.2, 0.25) is 0 Å². The molecule has 0 spiro atoms. The van der Waals surface area contributed by atoms with Crippen molar-refractivity contribution in [1.29, 1.82) is 0 Å². The van der Waals surface area contributed by atoms with Gasteiger partial charge in [-0.05, 0) is 30.2 Å². The van der Waals surface area contributed by atoms with Crippen LogP contribution in [0.1, 0.15) is 16.1 Å². The van der Waals surface area contributed by atoms with Crippen LogP contribution in [-0.2, 0) is 20.5 Å². The fourth-order valence-electron chi connectivity index (χ4n) is 3.26. The van der Waals surface area contributed by atoms with Crippen LogP contribution in [0.2, 0.25) is 0 Å². The summed E-state index contributed by atoms with van der Waals surface area (Å²) in [7, 11) is 2.96. The highest BCUT2D eigenvalue weighted by molar-refractivity contribution is 6.06. The second-order valence-electron chi connectivity index (χ2n) is 6.11. The highest BCUT2D eigenvalue weighted by Crippen LogP contribution is 2.28. The first-order valence-electron chi connectivity index (χ1n) is 7.95. The van der Waals surface area contributed by atoms with Gasteiger partial charge in [-0.2, -0.15) is 0 Å². The standard InChI is InChI=1S/C18H16N4O3/c1-20-15-12(16(23)21(2)18(20)25)7-8-13(19-15)17(24)22-10-9-11-5-3-4-6-14(11)22/h3-8H,9-10H2,1-2H3. The van der Waals surface area contributed by atoms with Gasteiger partial charge in [0, 0.05) is 26.3 Å². The molecule has 0 radical (unpaired) electrons. The van der Waals surface area contributed by atoms with E-state index in [2.05, 4.69) is 4.98 Å². The molecule has 25 heavy (non-hydrogen) atoms. The van der Waals surface area contributed by atoms with Crippen LogP contribution in [0.5, 0.6) is 0 Å². The highest BCUT2D eigenvalue weighted by Gasteiger charge is 2.26. The van der Waals surface area contributed by atoms with E-state index in [1.165, 1.54) is 24.7 Å². The quantitative estimate of drug-likeness (QED) is 0.660. The maximum absolute atomic E-state index is 12.9. The van der Waals surface area contributed by atoms with Gasteiger partial charge in [0.05, 0.1) is 5.39 Å². The molecule has 2 aromatic heterocycles. The molecule has 1 aromatic carbocycles. The summed E-state index contributed by atoms with van der Waals surface area (Å²) in [4.78, 5) is 43.2. The molecule has 3 heterocycles. The van der Waals surface area contributed by atoms with Crippen LogP contribution in [0.15, 0.2) is 46.0 Å². The van der Waals surface area contributed by atoms with Gasteiger partial charge in [0.15, 0.2) is 0 Å². The van der Waals surface area contributed by atoms with Gasteiger partial charge in [0.1, 0.15) is 11.3 Å². The summed E-state index contributed by atoms with van der Waals surface area (Å²) in [5.74, 6) is -0.236. The van der Waals surface area contributed by atoms with E-state index in [0.29, 0.717) is 11.9 Å². The van der Waals surface area contributed by atoms with Gasteiger partial charge in [-0.25, -0.2) is 9.78 Å². The number of carbonyl (C=O) groups is 1. The first kappa shape index (κ1) is 15.3. The Bertz CT molecular complexity index is 1140. The van der Waals surface area contributed by atoms with Crippen LogP contribution in [0.4, 0.5) is 5.69 Å². The van der Waals surface area contributed by atoms with Crippen molar-refractivity contribution in [3.63, 3.8) is 0 Å². The first-order chi connectivity index (χ1) is 12.0. The van der Waals surface area contributed by atoms with Crippen LogP contribution in [0.3, 0.4) is 0 Å². The molecular formula is C18H16N4O3. The van der Waals surface area contributed by atoms with Crippen LogP contribution >= 0.6 is 0 Å². The Labute approximate surface area is 142 Å². The lowest BCUT2D eigenvalue weighted by atomic mass is 10.2. The van der Waals surface area contributed by atoms with E-state index in [9.17, 15) is 14.4 Å². The van der Waals surface area contributed by atoms with Crippen molar-refractivity contribution in [1.82, 2.24) is 14.1 Å². The number of para-hydroxylation sites is 1. The van der Waals surface area contributed by atoms with Gasteiger partial charge in [-0.15, -0.1) is 0 Å². The minimum absolute atomic E-state index is 0.214. The maximum atomic E-state index is 12.9. The third kappa shape index (κ3) is 2.20. The largest absolute Gasteiger partial charge is 0.332 e. The number of nitrogens with zero attached hydrogens (tertiary/aromatic N) is 4. The number of anilines is 1. The van der Waals surface area contributed by atoms with E-state index in [-0.39, 0.29) is 17.2 Å². The van der Waals surface area contributed by atoms with E-state index in [0.717, 1.165) is 22.2 Å². The number of aryl methyl sites for hydroxylation is 1. The molecule has 0 aliphatic carbocycles. The monoisotopic (exact) mass is 336 g/mol. The van der Waals surface area contributed by atoms with Crippen molar-refractivity contribution < 1.29 is 4.79 Å². The third-order valence-corrected chi connectivity index (χ3v) is 4.65. The summed E-state index contributed by atoms with van der Waals surface area (Å²) in [6.07, 6.45) is 0.800. The molecule has 0 saturated heterocycles. The van der Waals surface area contributed by atoms with Crippen LogP contribution < -0.4 is 16.1 Å². The van der Waals surface area contributed by atoms with Gasteiger partial charge in [-0.3, -0.25) is 18.7 Å². The number of benzene rings is 1. The molecule has 0 N–H and O–H groups in total. The number of fused-ring (bicyclic) bond motifs is 2. The molecule has 0 unspecified atom stereocenters. The zero-order chi connectivity index (χ0) is 17.7. The van der Waals surface area contributed by atoms with E-state index >= 15 is 0 Å². The fraction of sp³-hybridized carbons (Fsp3) is 0.222. The number of pyridine rings is 1. The van der Waals surface area contributed by atoms with Gasteiger partial charge < -0.3 is 4.90 Å². The Morgan fingerprint density at radius 3 is 2.60 bits per heavy atom. The molecule has 3 aromatic rings. The molecular weight excluding hydrogens is 320 g/mol. The summed E-state index contributed by atoms with van der Waals surface area (Å²) in [6, 6.07) is 10.9. The molecule has 0 fully saturated rings. The van der Waals surface area contributed by atoms with Crippen LogP contribution in [0.25, 0.3) is 11.0 Å². The Kier molecular flexibility index (Phi) is 3.31. The van der Waals surface area contributed by atoms with E-state index in [4.69, 9.17) is 0 Å². The highest BCUT2D eigenvalue weighted by atomic mass is 16.2. The summed E-state index contributed by atoms with van der Waals surface area (Å²) in [6.45, 7) is 0.591. The molecule has 0 saturated carbocycles. The van der Waals surface area contributed by atoms with Gasteiger partial charge in [0.25, 0.3) is 11.5 Å². The predicted molar refractivity (Wildman–Crippen MR) is 94.0 cm³/mol. The summed E-state index contributed by atoms with van der Waals surface area (Å²) in [5.41, 5.74) is 1.54. The number of hydrogen-bond acceptors (Lipinski definition) is 4. The zero-order valence-corrected chi connectivity index (χ0v) is 13.9. The Balaban J connectivity index is 1.85. The molecule has 1 amide bonds. The second kappa shape index (κ2) is 5.41. The lowest BCUT2D eigenvalue weighted by Crippen LogP contribution is -2.37. The fourth-order valence-corrected chi connectivity index (χ4v) is 3.26. The topological polar surface area (TPSA) is 77.2 Å². The third-order valence-electron chi connectivity index (χ3n) is 4.65. The smallest absolute Gasteiger partial charge is 0.306 e. The molecule has 1 aliphatic rings. The molecule has 0 bridgehead atoms. The van der Waals surface area contributed by atoms with Gasteiger partial charge >= 0.3 is 5.69 Å². The lowest BCUT2D eigenvalue weighted by Gasteiger charge is -2.17. The summed E-state index contributed by atoms with van der Waals surface area (Å²) >= 11 is 0. The van der Waals surface area contributed by atoms with Crippen LogP contribution in [0, 0.1) is 0 Å². The van der Waals surface area contributed by atoms with Crippen molar-refractivity contribution in [2.75, 3.05) is 11.4 Å². The van der Waals surface area contributed by atoms with Crippen molar-refractivity contribution in [3.8, 4) is 0 Å². The van der Waals surface area contributed by atoms with Crippen molar-refractivity contribution in [3.05, 3.63) is 68.5 Å². The van der Waals surface area contributed by atoms with E-state index in [1.807, 2.05) is 24.3 Å². The Morgan fingerprint density at radius 2 is 1.80 bits per heavy atom. The Morgan fingerprint density at radius 1 is 1.04 bits per heavy atom. The Hall–Kier alpha value is -3.22. The second-order valence-corrected chi connectivity index (χ2v) is 6.11. The van der Waals surface area contributed by atoms with Crippen molar-refractivity contribution >= 4 is 22.6 Å². The number of rotatable bonds is 1. The molecule has 7 heteroatoms. The molecule has 4 rings (SSSR count). The molecule has 1 aliphatic heterocycles. The van der Waals surface area contributed by atoms with Crippen molar-refractivity contribution in [2.45, 2.75) is 6.42 Å². The number of aromatic nitrogens is 3. The SMILES string of the molecule is Cn1c(=O)c2ccc(C(=O)N3CCc4ccccc43)nc2n(C)c1=O. The predicted octanol–water partition coefficient (Wildman–Crippen LogP) is 0.835. The number of carbonyl (C=O) groups excluding carboxylic acids is 1. The minimum Gasteiger partial charge on any atom is -0.306 e. The first-order valence-corrected chi connectivity index (χ1v) is 7.95. The average molecular weight is 336 g/mol.